The molecule has 1 aromatic carbocycles. The molecule has 1 aliphatic rings. The fraction of sp³-hybridized carbons (Fsp3) is 0.529. The van der Waals surface area contributed by atoms with E-state index < -0.39 is 0 Å². The molecule has 6 heteroatoms. The maximum Gasteiger partial charge on any atom is 0.243 e. The van der Waals surface area contributed by atoms with Gasteiger partial charge in [-0.25, -0.2) is 0 Å². The second-order valence-electron chi connectivity index (χ2n) is 5.77. The molecule has 23 heavy (non-hydrogen) atoms. The highest BCUT2D eigenvalue weighted by atomic mass is 32.2. The van der Waals surface area contributed by atoms with E-state index in [4.69, 9.17) is 5.73 Å². The van der Waals surface area contributed by atoms with Gasteiger partial charge in [-0.05, 0) is 30.5 Å². The van der Waals surface area contributed by atoms with E-state index in [-0.39, 0.29) is 17.9 Å². The predicted octanol–water partition coefficient (Wildman–Crippen LogP) is 2.02. The van der Waals surface area contributed by atoms with Gasteiger partial charge in [0.25, 0.3) is 0 Å². The molecular weight excluding hydrogens is 310 g/mol. The van der Waals surface area contributed by atoms with Crippen molar-refractivity contribution in [1.82, 2.24) is 10.2 Å². The van der Waals surface area contributed by atoms with E-state index in [9.17, 15) is 9.59 Å². The van der Waals surface area contributed by atoms with Gasteiger partial charge in [0.2, 0.25) is 11.8 Å². The van der Waals surface area contributed by atoms with Gasteiger partial charge in [-0.15, -0.1) is 11.8 Å². The van der Waals surface area contributed by atoms with Crippen molar-refractivity contribution in [3.05, 3.63) is 29.8 Å². The molecule has 1 fully saturated rings. The third-order valence-electron chi connectivity index (χ3n) is 3.94. The van der Waals surface area contributed by atoms with Crippen molar-refractivity contribution in [3.63, 3.8) is 0 Å². The van der Waals surface area contributed by atoms with Gasteiger partial charge >= 0.3 is 0 Å². The molecule has 1 atom stereocenters. The number of nitrogens with zero attached hydrogens (tertiary/aromatic N) is 1. The van der Waals surface area contributed by atoms with Gasteiger partial charge in [0.05, 0.1) is 5.88 Å². The molecule has 0 aromatic heterocycles. The van der Waals surface area contributed by atoms with Gasteiger partial charge in [-0.1, -0.05) is 25.5 Å². The van der Waals surface area contributed by atoms with E-state index in [1.807, 2.05) is 24.3 Å². The molecular formula is C17H25N3O2S. The van der Waals surface area contributed by atoms with Crippen LogP contribution in [0.2, 0.25) is 0 Å². The lowest BCUT2D eigenvalue weighted by molar-refractivity contribution is -0.138. The first-order valence-corrected chi connectivity index (χ1v) is 9.26. The molecule has 5 nitrogen and oxygen atoms in total. The van der Waals surface area contributed by atoms with Crippen molar-refractivity contribution in [3.8, 4) is 0 Å². The minimum atomic E-state index is -0.323. The van der Waals surface area contributed by atoms with Crippen LogP contribution in [0, 0.1) is 0 Å². The predicted molar refractivity (Wildman–Crippen MR) is 95.1 cm³/mol. The second-order valence-corrected chi connectivity index (χ2v) is 6.77. The van der Waals surface area contributed by atoms with Crippen molar-refractivity contribution < 1.29 is 9.59 Å². The summed E-state index contributed by atoms with van der Waals surface area (Å²) in [5.74, 6) is 1.36. The summed E-state index contributed by atoms with van der Waals surface area (Å²) in [4.78, 5) is 26.2. The monoisotopic (exact) mass is 335 g/mol. The first-order chi connectivity index (χ1) is 11.1. The third kappa shape index (κ3) is 5.16. The van der Waals surface area contributed by atoms with Crippen LogP contribution in [0.3, 0.4) is 0 Å². The van der Waals surface area contributed by atoms with Crippen molar-refractivity contribution in [2.24, 2.45) is 0 Å². The molecule has 3 N–H and O–H groups in total. The standard InChI is InChI=1S/C17H25N3O2S/c1-2-3-4-16(21)20-12-23-11-15(20)17(22)19-10-9-13-5-7-14(18)8-6-13/h5-8,15H,2-4,9-12,18H2,1H3,(H,19,22). The van der Waals surface area contributed by atoms with Crippen LogP contribution in [0.1, 0.15) is 31.7 Å². The van der Waals surface area contributed by atoms with Crippen LogP contribution < -0.4 is 11.1 Å². The quantitative estimate of drug-likeness (QED) is 0.748. The van der Waals surface area contributed by atoms with Crippen LogP contribution >= 0.6 is 11.8 Å². The van der Waals surface area contributed by atoms with Crippen LogP contribution in [0.4, 0.5) is 5.69 Å². The van der Waals surface area contributed by atoms with E-state index in [0.29, 0.717) is 24.6 Å². The number of benzene rings is 1. The maximum absolute atomic E-state index is 12.3. The van der Waals surface area contributed by atoms with E-state index in [1.165, 1.54) is 0 Å². The van der Waals surface area contributed by atoms with E-state index in [1.54, 1.807) is 16.7 Å². The molecule has 126 valence electrons. The highest BCUT2D eigenvalue weighted by molar-refractivity contribution is 7.99. The molecule has 2 amide bonds. The molecule has 0 saturated carbocycles. The average molecular weight is 335 g/mol. The molecule has 1 aliphatic heterocycles. The number of carbonyl (C=O) groups is 2. The van der Waals surface area contributed by atoms with Crippen molar-refractivity contribution in [1.29, 1.82) is 0 Å². The highest BCUT2D eigenvalue weighted by Gasteiger charge is 2.33. The lowest BCUT2D eigenvalue weighted by Crippen LogP contribution is -2.47. The number of nitrogens with one attached hydrogen (secondary N) is 1. The topological polar surface area (TPSA) is 75.4 Å². The summed E-state index contributed by atoms with van der Waals surface area (Å²) in [6.07, 6.45) is 3.17. The van der Waals surface area contributed by atoms with Crippen molar-refractivity contribution in [2.75, 3.05) is 23.9 Å². The molecule has 0 bridgehead atoms. The molecule has 1 saturated heterocycles. The summed E-state index contributed by atoms with van der Waals surface area (Å²) in [5.41, 5.74) is 7.53. The van der Waals surface area contributed by atoms with Gasteiger partial charge in [0.15, 0.2) is 0 Å². The first-order valence-electron chi connectivity index (χ1n) is 8.11. The Morgan fingerprint density at radius 3 is 2.78 bits per heavy atom. The normalized spacial score (nSPS) is 17.3. The van der Waals surface area contributed by atoms with E-state index in [2.05, 4.69) is 12.2 Å². The Labute approximate surface area is 142 Å². The summed E-state index contributed by atoms with van der Waals surface area (Å²) in [7, 11) is 0. The van der Waals surface area contributed by atoms with Crippen molar-refractivity contribution in [2.45, 2.75) is 38.6 Å². The lowest BCUT2D eigenvalue weighted by atomic mass is 10.1. The minimum absolute atomic E-state index is 0.0460. The van der Waals surface area contributed by atoms with E-state index in [0.717, 1.165) is 30.5 Å². The number of rotatable bonds is 7. The Hall–Kier alpha value is -1.69. The summed E-state index contributed by atoms with van der Waals surface area (Å²) in [6.45, 7) is 2.63. The van der Waals surface area contributed by atoms with Crippen LogP contribution in [0.5, 0.6) is 0 Å². The minimum Gasteiger partial charge on any atom is -0.399 e. The number of amides is 2. The Morgan fingerprint density at radius 2 is 2.09 bits per heavy atom. The number of thioether (sulfide) groups is 1. The van der Waals surface area contributed by atoms with Crippen LogP contribution in [-0.4, -0.2) is 40.9 Å². The SMILES string of the molecule is CCCCC(=O)N1CSCC1C(=O)NCCc1ccc(N)cc1. The highest BCUT2D eigenvalue weighted by Crippen LogP contribution is 2.22. The lowest BCUT2D eigenvalue weighted by Gasteiger charge is -2.23. The van der Waals surface area contributed by atoms with Crippen molar-refractivity contribution >= 4 is 29.3 Å². The summed E-state index contributed by atoms with van der Waals surface area (Å²) < 4.78 is 0. The number of unbranched alkanes of at least 4 members (excludes halogenated alkanes) is 1. The summed E-state index contributed by atoms with van der Waals surface area (Å²) in [6, 6.07) is 7.33. The van der Waals surface area contributed by atoms with Gasteiger partial charge in [0, 0.05) is 24.4 Å². The molecule has 1 unspecified atom stereocenters. The zero-order chi connectivity index (χ0) is 16.7. The largest absolute Gasteiger partial charge is 0.399 e. The maximum atomic E-state index is 12.3. The Balaban J connectivity index is 1.79. The number of hydrogen-bond acceptors (Lipinski definition) is 4. The zero-order valence-electron chi connectivity index (χ0n) is 13.6. The molecule has 0 spiro atoms. The number of nitrogens with two attached hydrogens (primary N) is 1. The summed E-state index contributed by atoms with van der Waals surface area (Å²) in [5, 5.41) is 2.95. The second kappa shape index (κ2) is 8.82. The number of nitrogen functional groups attached to an aromatic ring is 1. The third-order valence-corrected chi connectivity index (χ3v) is 4.95. The van der Waals surface area contributed by atoms with Crippen LogP contribution in [0.15, 0.2) is 24.3 Å². The first kappa shape index (κ1) is 17.7. The van der Waals surface area contributed by atoms with Gasteiger partial charge < -0.3 is 16.0 Å². The number of anilines is 1. The molecule has 0 aliphatic carbocycles. The zero-order valence-corrected chi connectivity index (χ0v) is 14.4. The molecule has 1 aromatic rings. The fourth-order valence-corrected chi connectivity index (χ4v) is 3.69. The molecule has 2 rings (SSSR count). The average Bonchev–Trinajstić information content (AvgIpc) is 3.04. The van der Waals surface area contributed by atoms with Gasteiger partial charge in [-0.3, -0.25) is 9.59 Å². The fourth-order valence-electron chi connectivity index (χ4n) is 2.51. The van der Waals surface area contributed by atoms with E-state index >= 15 is 0 Å². The number of carbonyl (C=O) groups excluding carboxylic acids is 2. The molecule has 0 radical (unpaired) electrons. The Kier molecular flexibility index (Phi) is 6.77. The summed E-state index contributed by atoms with van der Waals surface area (Å²) >= 11 is 1.64. The smallest absolute Gasteiger partial charge is 0.243 e. The Morgan fingerprint density at radius 1 is 1.35 bits per heavy atom. The van der Waals surface area contributed by atoms with Gasteiger partial charge in [0.1, 0.15) is 6.04 Å². The number of hydrogen-bond donors (Lipinski definition) is 2. The van der Waals surface area contributed by atoms with Crippen LogP contribution in [-0.2, 0) is 16.0 Å². The molecule has 1 heterocycles. The van der Waals surface area contributed by atoms with Gasteiger partial charge in [-0.2, -0.15) is 0 Å². The Bertz CT molecular complexity index is 533. The van der Waals surface area contributed by atoms with Crippen LogP contribution in [0.25, 0.3) is 0 Å².